The molecule has 0 aliphatic heterocycles. The Hall–Kier alpha value is -1.04. The highest BCUT2D eigenvalue weighted by Gasteiger charge is 2.20. The number of ether oxygens (including phenoxy) is 2. The van der Waals surface area contributed by atoms with Crippen molar-refractivity contribution in [2.45, 2.75) is 19.1 Å². The lowest BCUT2D eigenvalue weighted by Crippen LogP contribution is -2.28. The molecule has 1 aromatic carbocycles. The summed E-state index contributed by atoms with van der Waals surface area (Å²) in [7, 11) is 1.64. The fourth-order valence-electron chi connectivity index (χ4n) is 1.73. The number of rotatable bonds is 5. The van der Waals surface area contributed by atoms with Gasteiger partial charge in [-0.25, -0.2) is 0 Å². The molecular formula is C14H16BrNO2S. The summed E-state index contributed by atoms with van der Waals surface area (Å²) in [5.41, 5.74) is 6.03. The molecule has 0 saturated carbocycles. The Bertz CT molecular complexity index is 542. The van der Waals surface area contributed by atoms with Crippen LogP contribution in [0.3, 0.4) is 0 Å². The van der Waals surface area contributed by atoms with Gasteiger partial charge in [-0.15, -0.1) is 11.3 Å². The third kappa shape index (κ3) is 3.72. The van der Waals surface area contributed by atoms with Crippen LogP contribution in [0.5, 0.6) is 11.5 Å². The van der Waals surface area contributed by atoms with Gasteiger partial charge in [0, 0.05) is 17.0 Å². The predicted molar refractivity (Wildman–Crippen MR) is 82.0 cm³/mol. The van der Waals surface area contributed by atoms with Crippen molar-refractivity contribution >= 4 is 27.3 Å². The molecule has 2 rings (SSSR count). The molecule has 0 aliphatic carbocycles. The summed E-state index contributed by atoms with van der Waals surface area (Å²) in [4.78, 5) is 1.10. The minimum atomic E-state index is -0.164. The van der Waals surface area contributed by atoms with E-state index in [1.165, 1.54) is 0 Å². The summed E-state index contributed by atoms with van der Waals surface area (Å²) in [6.45, 7) is 1.94. The molecule has 2 unspecified atom stereocenters. The Kier molecular flexibility index (Phi) is 4.85. The first-order chi connectivity index (χ1) is 9.10. The smallest absolute Gasteiger partial charge is 0.148 e. The first kappa shape index (κ1) is 14.4. The molecule has 2 atom stereocenters. The van der Waals surface area contributed by atoms with Crippen LogP contribution in [0.25, 0.3) is 0 Å². The van der Waals surface area contributed by atoms with Crippen LogP contribution in [-0.2, 0) is 0 Å². The zero-order valence-corrected chi connectivity index (χ0v) is 13.2. The van der Waals surface area contributed by atoms with Crippen molar-refractivity contribution in [3.05, 3.63) is 45.1 Å². The molecule has 1 aromatic heterocycles. The number of methoxy groups -OCH3 is 1. The van der Waals surface area contributed by atoms with E-state index in [1.54, 1.807) is 18.4 Å². The molecule has 0 saturated heterocycles. The number of benzene rings is 1. The molecule has 2 aromatic rings. The maximum Gasteiger partial charge on any atom is 0.148 e. The molecule has 0 aliphatic rings. The average molecular weight is 342 g/mol. The monoisotopic (exact) mass is 341 g/mol. The zero-order valence-electron chi connectivity index (χ0n) is 10.8. The van der Waals surface area contributed by atoms with Crippen molar-refractivity contribution in [1.82, 2.24) is 0 Å². The standard InChI is InChI=1S/C14H16BrNO2S/c1-9(16)14(12-6-7-13(15)19-12)18-11-5-3-4-10(8-11)17-2/h3-9,14H,16H2,1-2H3. The highest BCUT2D eigenvalue weighted by molar-refractivity contribution is 9.11. The van der Waals surface area contributed by atoms with Crippen LogP contribution < -0.4 is 15.2 Å². The Morgan fingerprint density at radius 1 is 1.21 bits per heavy atom. The SMILES string of the molecule is COc1cccc(OC(c2ccc(Br)s2)C(C)N)c1. The second kappa shape index (κ2) is 6.41. The Morgan fingerprint density at radius 3 is 2.53 bits per heavy atom. The highest BCUT2D eigenvalue weighted by atomic mass is 79.9. The maximum absolute atomic E-state index is 6.03. The first-order valence-electron chi connectivity index (χ1n) is 5.91. The maximum atomic E-state index is 6.03. The lowest BCUT2D eigenvalue weighted by molar-refractivity contribution is 0.183. The molecule has 0 spiro atoms. The van der Waals surface area contributed by atoms with Crippen LogP contribution >= 0.6 is 27.3 Å². The molecule has 3 nitrogen and oxygen atoms in total. The zero-order chi connectivity index (χ0) is 13.8. The van der Waals surface area contributed by atoms with Gasteiger partial charge in [-0.2, -0.15) is 0 Å². The summed E-state index contributed by atoms with van der Waals surface area (Å²) in [6.07, 6.45) is -0.164. The van der Waals surface area contributed by atoms with E-state index in [0.29, 0.717) is 0 Å². The van der Waals surface area contributed by atoms with Crippen LogP contribution in [0.4, 0.5) is 0 Å². The van der Waals surface area contributed by atoms with Crippen molar-refractivity contribution in [3.8, 4) is 11.5 Å². The summed E-state index contributed by atoms with van der Waals surface area (Å²) < 4.78 is 12.3. The number of hydrogen-bond acceptors (Lipinski definition) is 4. The quantitative estimate of drug-likeness (QED) is 0.894. The van der Waals surface area contributed by atoms with E-state index in [1.807, 2.05) is 43.3 Å². The van der Waals surface area contributed by atoms with Gasteiger partial charge >= 0.3 is 0 Å². The largest absolute Gasteiger partial charge is 0.497 e. The van der Waals surface area contributed by atoms with Gasteiger partial charge in [-0.3, -0.25) is 0 Å². The molecule has 19 heavy (non-hydrogen) atoms. The number of hydrogen-bond donors (Lipinski definition) is 1. The van der Waals surface area contributed by atoms with Gasteiger partial charge in [-0.05, 0) is 47.1 Å². The molecule has 0 bridgehead atoms. The third-order valence-electron chi connectivity index (χ3n) is 2.66. The minimum Gasteiger partial charge on any atom is -0.497 e. The highest BCUT2D eigenvalue weighted by Crippen LogP contribution is 2.32. The number of thiophene rings is 1. The summed E-state index contributed by atoms with van der Waals surface area (Å²) in [6, 6.07) is 11.5. The average Bonchev–Trinajstić information content (AvgIpc) is 2.82. The van der Waals surface area contributed by atoms with Gasteiger partial charge < -0.3 is 15.2 Å². The molecule has 1 heterocycles. The van der Waals surface area contributed by atoms with E-state index >= 15 is 0 Å². The summed E-state index contributed by atoms with van der Waals surface area (Å²) >= 11 is 5.09. The first-order valence-corrected chi connectivity index (χ1v) is 7.52. The molecule has 102 valence electrons. The van der Waals surface area contributed by atoms with Crippen molar-refractivity contribution < 1.29 is 9.47 Å². The summed E-state index contributed by atoms with van der Waals surface area (Å²) in [5, 5.41) is 0. The van der Waals surface area contributed by atoms with Crippen molar-refractivity contribution in [2.75, 3.05) is 7.11 Å². The van der Waals surface area contributed by atoms with E-state index < -0.39 is 0 Å². The van der Waals surface area contributed by atoms with E-state index in [2.05, 4.69) is 15.9 Å². The Morgan fingerprint density at radius 2 is 1.95 bits per heavy atom. The van der Waals surface area contributed by atoms with Crippen molar-refractivity contribution in [2.24, 2.45) is 5.73 Å². The normalized spacial score (nSPS) is 13.9. The van der Waals surface area contributed by atoms with Gasteiger partial charge in [0.05, 0.1) is 10.9 Å². The number of nitrogens with two attached hydrogens (primary N) is 1. The molecule has 5 heteroatoms. The Balaban J connectivity index is 2.21. The van der Waals surface area contributed by atoms with Crippen molar-refractivity contribution in [1.29, 1.82) is 0 Å². The van der Waals surface area contributed by atoms with Gasteiger partial charge in [0.2, 0.25) is 0 Å². The van der Waals surface area contributed by atoms with Gasteiger partial charge in [0.15, 0.2) is 0 Å². The molecular weight excluding hydrogens is 326 g/mol. The topological polar surface area (TPSA) is 44.5 Å². The lowest BCUT2D eigenvalue weighted by atomic mass is 10.1. The van der Waals surface area contributed by atoms with Gasteiger partial charge in [0.25, 0.3) is 0 Å². The number of halogens is 1. The van der Waals surface area contributed by atoms with E-state index in [-0.39, 0.29) is 12.1 Å². The second-order valence-corrected chi connectivity index (χ2v) is 6.71. The Labute approximate surface area is 125 Å². The van der Waals surface area contributed by atoms with E-state index in [4.69, 9.17) is 15.2 Å². The van der Waals surface area contributed by atoms with Crippen LogP contribution in [0.15, 0.2) is 40.2 Å². The predicted octanol–water partition coefficient (Wildman–Crippen LogP) is 3.99. The van der Waals surface area contributed by atoms with E-state index in [0.717, 1.165) is 20.2 Å². The van der Waals surface area contributed by atoms with Crippen LogP contribution in [0, 0.1) is 0 Å². The van der Waals surface area contributed by atoms with Crippen LogP contribution in [-0.4, -0.2) is 13.2 Å². The van der Waals surface area contributed by atoms with Crippen molar-refractivity contribution in [3.63, 3.8) is 0 Å². The van der Waals surface area contributed by atoms with Gasteiger partial charge in [0.1, 0.15) is 17.6 Å². The fraction of sp³-hybridized carbons (Fsp3) is 0.286. The second-order valence-electron chi connectivity index (χ2n) is 4.22. The van der Waals surface area contributed by atoms with Gasteiger partial charge in [-0.1, -0.05) is 6.07 Å². The molecule has 0 amide bonds. The molecule has 2 N–H and O–H groups in total. The fourth-order valence-corrected chi connectivity index (χ4v) is 3.30. The molecule has 0 fully saturated rings. The lowest BCUT2D eigenvalue weighted by Gasteiger charge is -2.21. The van der Waals surface area contributed by atoms with Crippen LogP contribution in [0.1, 0.15) is 17.9 Å². The minimum absolute atomic E-state index is 0.100. The molecule has 0 radical (unpaired) electrons. The van der Waals surface area contributed by atoms with E-state index in [9.17, 15) is 0 Å². The van der Waals surface area contributed by atoms with Crippen LogP contribution in [0.2, 0.25) is 0 Å². The third-order valence-corrected chi connectivity index (χ3v) is 4.34. The summed E-state index contributed by atoms with van der Waals surface area (Å²) in [5.74, 6) is 1.53.